The van der Waals surface area contributed by atoms with Crippen LogP contribution in [0.2, 0.25) is 0 Å². The summed E-state index contributed by atoms with van der Waals surface area (Å²) < 4.78 is 2.05. The quantitative estimate of drug-likeness (QED) is 0.879. The standard InChI is InChI=1S/C17H19N3O/c1-11-3-2-6-20-14(9-18-16(11)20)10-19-17(21)15-8-12-4-5-13(15)7-12/h2-6,9,12-13,15H,7-8,10H2,1H3,(H,19,21)/t12-,13+,15+/m0/s1. The number of hydrogen-bond acceptors (Lipinski definition) is 2. The Morgan fingerprint density at radius 2 is 2.33 bits per heavy atom. The third kappa shape index (κ3) is 2.06. The number of rotatable bonds is 3. The van der Waals surface area contributed by atoms with Crippen molar-refractivity contribution >= 4 is 11.6 Å². The number of hydrogen-bond donors (Lipinski definition) is 1. The van der Waals surface area contributed by atoms with Crippen LogP contribution in [0, 0.1) is 24.7 Å². The number of fused-ring (bicyclic) bond motifs is 3. The van der Waals surface area contributed by atoms with Crippen LogP contribution in [0.1, 0.15) is 24.1 Å². The lowest BCUT2D eigenvalue weighted by atomic mass is 9.93. The van der Waals surface area contributed by atoms with Crippen molar-refractivity contribution in [2.75, 3.05) is 0 Å². The zero-order chi connectivity index (χ0) is 14.4. The van der Waals surface area contributed by atoms with E-state index in [4.69, 9.17) is 0 Å². The van der Waals surface area contributed by atoms with Gasteiger partial charge in [-0.15, -0.1) is 0 Å². The lowest BCUT2D eigenvalue weighted by molar-refractivity contribution is -0.125. The zero-order valence-corrected chi connectivity index (χ0v) is 12.1. The minimum Gasteiger partial charge on any atom is -0.350 e. The van der Waals surface area contributed by atoms with E-state index in [0.717, 1.165) is 29.7 Å². The van der Waals surface area contributed by atoms with Gasteiger partial charge in [0.2, 0.25) is 5.91 Å². The molecule has 4 rings (SSSR count). The highest BCUT2D eigenvalue weighted by Gasteiger charge is 2.39. The Morgan fingerprint density at radius 3 is 3.10 bits per heavy atom. The van der Waals surface area contributed by atoms with Gasteiger partial charge in [-0.25, -0.2) is 4.98 Å². The summed E-state index contributed by atoms with van der Waals surface area (Å²) in [5.41, 5.74) is 3.14. The van der Waals surface area contributed by atoms with Crippen molar-refractivity contribution in [2.45, 2.75) is 26.3 Å². The van der Waals surface area contributed by atoms with Crippen LogP contribution in [0.15, 0.2) is 36.7 Å². The molecule has 1 amide bonds. The number of allylic oxidation sites excluding steroid dienone is 2. The molecule has 2 aliphatic carbocycles. The highest BCUT2D eigenvalue weighted by Crippen LogP contribution is 2.43. The van der Waals surface area contributed by atoms with E-state index in [-0.39, 0.29) is 11.8 Å². The smallest absolute Gasteiger partial charge is 0.224 e. The number of amides is 1. The SMILES string of the molecule is Cc1cccn2c(CNC(=O)[C@@H]3C[C@H]4C=C[C@@H]3C4)cnc12. The molecule has 0 unspecified atom stereocenters. The molecule has 2 aromatic heterocycles. The molecule has 1 fully saturated rings. The number of nitrogens with one attached hydrogen (secondary N) is 1. The Labute approximate surface area is 123 Å². The van der Waals surface area contributed by atoms with E-state index >= 15 is 0 Å². The fraction of sp³-hybridized carbons (Fsp3) is 0.412. The number of carbonyl (C=O) groups is 1. The number of imidazole rings is 1. The van der Waals surface area contributed by atoms with Crippen molar-refractivity contribution in [1.82, 2.24) is 14.7 Å². The van der Waals surface area contributed by atoms with Gasteiger partial charge < -0.3 is 9.72 Å². The molecule has 1 saturated carbocycles. The van der Waals surface area contributed by atoms with Gasteiger partial charge in [0.15, 0.2) is 0 Å². The van der Waals surface area contributed by atoms with E-state index in [9.17, 15) is 4.79 Å². The van der Waals surface area contributed by atoms with Gasteiger partial charge in [-0.2, -0.15) is 0 Å². The monoisotopic (exact) mass is 281 g/mol. The molecule has 21 heavy (non-hydrogen) atoms. The first-order chi connectivity index (χ1) is 10.2. The molecule has 0 saturated heterocycles. The Bertz CT molecular complexity index is 731. The molecular formula is C17H19N3O. The maximum atomic E-state index is 12.4. The average molecular weight is 281 g/mol. The Kier molecular flexibility index (Phi) is 2.84. The van der Waals surface area contributed by atoms with E-state index in [2.05, 4.69) is 26.9 Å². The number of carbonyl (C=O) groups excluding carboxylic acids is 1. The van der Waals surface area contributed by atoms with Crippen LogP contribution in [0.3, 0.4) is 0 Å². The van der Waals surface area contributed by atoms with Crippen LogP contribution in [-0.4, -0.2) is 15.3 Å². The van der Waals surface area contributed by atoms with Gasteiger partial charge in [-0.1, -0.05) is 18.2 Å². The summed E-state index contributed by atoms with van der Waals surface area (Å²) in [6, 6.07) is 4.06. The lowest BCUT2D eigenvalue weighted by Crippen LogP contribution is -2.32. The molecule has 0 spiro atoms. The highest BCUT2D eigenvalue weighted by molar-refractivity contribution is 5.80. The summed E-state index contributed by atoms with van der Waals surface area (Å²) in [7, 11) is 0. The fourth-order valence-electron chi connectivity index (χ4n) is 3.72. The first-order valence-corrected chi connectivity index (χ1v) is 7.60. The molecule has 4 heteroatoms. The van der Waals surface area contributed by atoms with Crippen LogP contribution < -0.4 is 5.32 Å². The second-order valence-electron chi connectivity index (χ2n) is 6.24. The number of aromatic nitrogens is 2. The summed E-state index contributed by atoms with van der Waals surface area (Å²) in [5.74, 6) is 1.44. The largest absolute Gasteiger partial charge is 0.350 e. The van der Waals surface area contributed by atoms with Gasteiger partial charge in [-0.05, 0) is 43.2 Å². The number of pyridine rings is 1. The number of aryl methyl sites for hydroxylation is 1. The maximum absolute atomic E-state index is 12.4. The molecule has 3 atom stereocenters. The molecular weight excluding hydrogens is 262 g/mol. The Morgan fingerprint density at radius 1 is 1.43 bits per heavy atom. The second kappa shape index (κ2) is 4.72. The van der Waals surface area contributed by atoms with E-state index < -0.39 is 0 Å². The fourth-order valence-corrected chi connectivity index (χ4v) is 3.72. The van der Waals surface area contributed by atoms with Gasteiger partial charge >= 0.3 is 0 Å². The van der Waals surface area contributed by atoms with Crippen LogP contribution in [-0.2, 0) is 11.3 Å². The minimum atomic E-state index is 0.168. The predicted octanol–water partition coefficient (Wildman–Crippen LogP) is 2.47. The van der Waals surface area contributed by atoms with E-state index in [0.29, 0.717) is 18.4 Å². The number of nitrogens with zero attached hydrogens (tertiary/aromatic N) is 2. The third-order valence-corrected chi connectivity index (χ3v) is 4.87. The molecule has 2 aliphatic rings. The van der Waals surface area contributed by atoms with Crippen LogP contribution in [0.4, 0.5) is 0 Å². The first kappa shape index (κ1) is 12.6. The van der Waals surface area contributed by atoms with Crippen LogP contribution >= 0.6 is 0 Å². The summed E-state index contributed by atoms with van der Waals surface area (Å²) in [6.45, 7) is 2.59. The summed E-state index contributed by atoms with van der Waals surface area (Å²) in [4.78, 5) is 16.8. The maximum Gasteiger partial charge on any atom is 0.224 e. The second-order valence-corrected chi connectivity index (χ2v) is 6.24. The van der Waals surface area contributed by atoms with Crippen molar-refractivity contribution < 1.29 is 4.79 Å². The van der Waals surface area contributed by atoms with Gasteiger partial charge in [0, 0.05) is 12.1 Å². The predicted molar refractivity (Wildman–Crippen MR) is 80.6 cm³/mol. The van der Waals surface area contributed by atoms with Crippen molar-refractivity contribution in [3.63, 3.8) is 0 Å². The van der Waals surface area contributed by atoms with Gasteiger partial charge in [0.05, 0.1) is 18.4 Å². The summed E-state index contributed by atoms with van der Waals surface area (Å²) >= 11 is 0. The molecule has 0 aliphatic heterocycles. The Balaban J connectivity index is 1.47. The normalized spacial score (nSPS) is 26.6. The molecule has 2 aromatic rings. The minimum absolute atomic E-state index is 0.168. The van der Waals surface area contributed by atoms with Crippen molar-refractivity contribution in [2.24, 2.45) is 17.8 Å². The molecule has 108 valence electrons. The summed E-state index contributed by atoms with van der Waals surface area (Å²) in [6.07, 6.45) is 10.5. The first-order valence-electron chi connectivity index (χ1n) is 7.60. The molecule has 2 heterocycles. The van der Waals surface area contributed by atoms with Gasteiger partial charge in [0.25, 0.3) is 0 Å². The molecule has 2 bridgehead atoms. The lowest BCUT2D eigenvalue weighted by Gasteiger charge is -2.17. The van der Waals surface area contributed by atoms with Crippen molar-refractivity contribution in [1.29, 1.82) is 0 Å². The third-order valence-electron chi connectivity index (χ3n) is 4.87. The van der Waals surface area contributed by atoms with Gasteiger partial charge in [-0.3, -0.25) is 4.79 Å². The van der Waals surface area contributed by atoms with Gasteiger partial charge in [0.1, 0.15) is 5.65 Å². The molecule has 0 radical (unpaired) electrons. The van der Waals surface area contributed by atoms with E-state index in [1.54, 1.807) is 0 Å². The van der Waals surface area contributed by atoms with E-state index in [1.165, 1.54) is 0 Å². The van der Waals surface area contributed by atoms with Crippen molar-refractivity contribution in [3.05, 3.63) is 47.9 Å². The van der Waals surface area contributed by atoms with Crippen LogP contribution in [0.5, 0.6) is 0 Å². The molecule has 4 nitrogen and oxygen atoms in total. The molecule has 0 aromatic carbocycles. The average Bonchev–Trinajstić information content (AvgIpc) is 3.20. The Hall–Kier alpha value is -2.10. The molecule has 1 N–H and O–H groups in total. The van der Waals surface area contributed by atoms with Crippen molar-refractivity contribution in [3.8, 4) is 0 Å². The van der Waals surface area contributed by atoms with Crippen LogP contribution in [0.25, 0.3) is 5.65 Å². The van der Waals surface area contributed by atoms with E-state index in [1.807, 2.05) is 31.5 Å². The topological polar surface area (TPSA) is 46.4 Å². The summed E-state index contributed by atoms with van der Waals surface area (Å²) in [5, 5.41) is 3.09. The zero-order valence-electron chi connectivity index (χ0n) is 12.1. The highest BCUT2D eigenvalue weighted by atomic mass is 16.1.